The lowest BCUT2D eigenvalue weighted by Gasteiger charge is -2.07. The smallest absolute Gasteiger partial charge is 0.138 e. The fourth-order valence-corrected chi connectivity index (χ4v) is 1.80. The first-order chi connectivity index (χ1) is 9.22. The predicted octanol–water partition coefficient (Wildman–Crippen LogP) is 1.62. The number of nitrogens with one attached hydrogen (secondary N) is 1. The van der Waals surface area contributed by atoms with E-state index < -0.39 is 0 Å². The van der Waals surface area contributed by atoms with Crippen LogP contribution in [-0.4, -0.2) is 34.8 Å². The Morgan fingerprint density at radius 1 is 1.26 bits per heavy atom. The Morgan fingerprint density at radius 2 is 2.11 bits per heavy atom. The van der Waals surface area contributed by atoms with Gasteiger partial charge in [-0.3, -0.25) is 4.57 Å². The second-order valence-electron chi connectivity index (χ2n) is 4.48. The van der Waals surface area contributed by atoms with E-state index >= 15 is 0 Å². The molecular formula is C14H20N4O. The van der Waals surface area contributed by atoms with Crippen molar-refractivity contribution in [2.45, 2.75) is 20.4 Å². The predicted molar refractivity (Wildman–Crippen MR) is 74.4 cm³/mol. The van der Waals surface area contributed by atoms with Crippen LogP contribution in [0.25, 0.3) is 5.82 Å². The number of nitrogens with zero attached hydrogens (tertiary/aromatic N) is 3. The molecule has 2 rings (SSSR count). The maximum absolute atomic E-state index is 4.98. The second-order valence-corrected chi connectivity index (χ2v) is 4.48. The number of aromatic nitrogens is 3. The normalized spacial score (nSPS) is 10.9. The highest BCUT2D eigenvalue weighted by molar-refractivity contribution is 5.29. The highest BCUT2D eigenvalue weighted by Crippen LogP contribution is 2.11. The maximum atomic E-state index is 4.98. The van der Waals surface area contributed by atoms with Crippen molar-refractivity contribution in [1.82, 2.24) is 19.9 Å². The van der Waals surface area contributed by atoms with Crippen molar-refractivity contribution >= 4 is 0 Å². The van der Waals surface area contributed by atoms with Crippen molar-refractivity contribution in [2.24, 2.45) is 0 Å². The van der Waals surface area contributed by atoms with Gasteiger partial charge in [-0.2, -0.15) is 0 Å². The Labute approximate surface area is 113 Å². The first-order valence-corrected chi connectivity index (χ1v) is 6.38. The highest BCUT2D eigenvalue weighted by Gasteiger charge is 2.05. The van der Waals surface area contributed by atoms with Crippen LogP contribution >= 0.6 is 0 Å². The molecule has 1 N–H and O–H groups in total. The molecule has 5 nitrogen and oxygen atoms in total. The van der Waals surface area contributed by atoms with Gasteiger partial charge >= 0.3 is 0 Å². The molecule has 2 aromatic rings. The first-order valence-electron chi connectivity index (χ1n) is 6.38. The van der Waals surface area contributed by atoms with Crippen molar-refractivity contribution in [2.75, 3.05) is 20.3 Å². The van der Waals surface area contributed by atoms with Crippen LogP contribution in [0, 0.1) is 13.8 Å². The lowest BCUT2D eigenvalue weighted by atomic mass is 10.2. The summed E-state index contributed by atoms with van der Waals surface area (Å²) in [6, 6.07) is 4.10. The van der Waals surface area contributed by atoms with Crippen molar-refractivity contribution in [1.29, 1.82) is 0 Å². The third kappa shape index (κ3) is 3.39. The summed E-state index contributed by atoms with van der Waals surface area (Å²) in [5.41, 5.74) is 3.32. The van der Waals surface area contributed by atoms with Crippen molar-refractivity contribution in [3.8, 4) is 5.82 Å². The Balaban J connectivity index is 2.00. The second kappa shape index (κ2) is 6.45. The van der Waals surface area contributed by atoms with Gasteiger partial charge in [-0.05, 0) is 25.5 Å². The quantitative estimate of drug-likeness (QED) is 0.802. The van der Waals surface area contributed by atoms with Gasteiger partial charge in [0.1, 0.15) is 12.1 Å². The lowest BCUT2D eigenvalue weighted by molar-refractivity contribution is 0.199. The van der Waals surface area contributed by atoms with E-state index in [4.69, 9.17) is 4.74 Å². The van der Waals surface area contributed by atoms with Crippen LogP contribution in [0.1, 0.15) is 17.0 Å². The molecule has 0 atom stereocenters. The van der Waals surface area contributed by atoms with E-state index in [1.165, 1.54) is 0 Å². The largest absolute Gasteiger partial charge is 0.383 e. The van der Waals surface area contributed by atoms with E-state index in [2.05, 4.69) is 21.4 Å². The first kappa shape index (κ1) is 13.7. The van der Waals surface area contributed by atoms with Gasteiger partial charge in [-0.1, -0.05) is 6.07 Å². The Hall–Kier alpha value is -1.72. The number of hydrogen-bond donors (Lipinski definition) is 1. The fraction of sp³-hybridized carbons (Fsp3) is 0.429. The molecule has 0 bridgehead atoms. The Morgan fingerprint density at radius 3 is 2.68 bits per heavy atom. The minimum atomic E-state index is 0.721. The third-order valence-electron chi connectivity index (χ3n) is 3.12. The fourth-order valence-electron chi connectivity index (χ4n) is 1.80. The molecule has 0 saturated carbocycles. The van der Waals surface area contributed by atoms with Gasteiger partial charge in [0.15, 0.2) is 0 Å². The molecule has 0 radical (unpaired) electrons. The van der Waals surface area contributed by atoms with Crippen molar-refractivity contribution < 1.29 is 4.74 Å². The van der Waals surface area contributed by atoms with Crippen LogP contribution in [0.2, 0.25) is 0 Å². The summed E-state index contributed by atoms with van der Waals surface area (Å²) in [4.78, 5) is 8.76. The Bertz CT molecular complexity index is 519. The number of methoxy groups -OCH3 is 1. The van der Waals surface area contributed by atoms with E-state index in [9.17, 15) is 0 Å². The summed E-state index contributed by atoms with van der Waals surface area (Å²) in [7, 11) is 1.70. The Kier molecular flexibility index (Phi) is 4.65. The molecule has 0 spiro atoms. The van der Waals surface area contributed by atoms with Gasteiger partial charge in [-0.25, -0.2) is 9.97 Å². The number of imidazole rings is 1. The zero-order valence-corrected chi connectivity index (χ0v) is 11.7. The summed E-state index contributed by atoms with van der Waals surface area (Å²) in [6.45, 7) is 6.42. The van der Waals surface area contributed by atoms with Gasteiger partial charge in [0.05, 0.1) is 12.3 Å². The lowest BCUT2D eigenvalue weighted by Crippen LogP contribution is -2.18. The maximum Gasteiger partial charge on any atom is 0.138 e. The molecule has 0 aliphatic carbocycles. The summed E-state index contributed by atoms with van der Waals surface area (Å²) in [6.07, 6.45) is 3.70. The average Bonchev–Trinajstić information content (AvgIpc) is 2.76. The summed E-state index contributed by atoms with van der Waals surface area (Å²) >= 11 is 0. The molecule has 102 valence electrons. The molecule has 0 aliphatic rings. The van der Waals surface area contributed by atoms with Gasteiger partial charge < -0.3 is 10.1 Å². The minimum absolute atomic E-state index is 0.721. The molecule has 0 aromatic carbocycles. The summed E-state index contributed by atoms with van der Waals surface area (Å²) in [5, 5.41) is 3.29. The molecule has 2 aromatic heterocycles. The topological polar surface area (TPSA) is 52.0 Å². The summed E-state index contributed by atoms with van der Waals surface area (Å²) < 4.78 is 6.98. The molecular weight excluding hydrogens is 240 g/mol. The molecule has 2 heterocycles. The molecule has 0 unspecified atom stereocenters. The van der Waals surface area contributed by atoms with Gasteiger partial charge in [0.2, 0.25) is 0 Å². The molecule has 0 aliphatic heterocycles. The van der Waals surface area contributed by atoms with Crippen LogP contribution in [0.15, 0.2) is 24.7 Å². The zero-order chi connectivity index (χ0) is 13.7. The average molecular weight is 260 g/mol. The molecule has 19 heavy (non-hydrogen) atoms. The number of ether oxygens (including phenoxy) is 1. The number of hydrogen-bond acceptors (Lipinski definition) is 4. The van der Waals surface area contributed by atoms with E-state index in [1.807, 2.05) is 37.0 Å². The summed E-state index contributed by atoms with van der Waals surface area (Å²) in [5.74, 6) is 0.902. The van der Waals surface area contributed by atoms with E-state index in [0.717, 1.165) is 42.5 Å². The number of pyridine rings is 1. The standard InChI is InChI=1S/C14H20N4O/c1-11-12(2)18(10-17-11)14-5-4-13(9-16-14)8-15-6-7-19-3/h4-5,9-10,15H,6-8H2,1-3H3. The number of rotatable bonds is 6. The van der Waals surface area contributed by atoms with Gasteiger partial charge in [-0.15, -0.1) is 0 Å². The molecule has 0 amide bonds. The van der Waals surface area contributed by atoms with Crippen LogP contribution in [0.5, 0.6) is 0 Å². The van der Waals surface area contributed by atoms with E-state index in [-0.39, 0.29) is 0 Å². The number of aryl methyl sites for hydroxylation is 1. The zero-order valence-electron chi connectivity index (χ0n) is 11.7. The molecule has 5 heteroatoms. The van der Waals surface area contributed by atoms with Crippen LogP contribution in [0.4, 0.5) is 0 Å². The van der Waals surface area contributed by atoms with Crippen LogP contribution in [0.3, 0.4) is 0 Å². The van der Waals surface area contributed by atoms with Crippen molar-refractivity contribution in [3.63, 3.8) is 0 Å². The molecule has 0 fully saturated rings. The van der Waals surface area contributed by atoms with Gasteiger partial charge in [0, 0.05) is 32.1 Å². The highest BCUT2D eigenvalue weighted by atomic mass is 16.5. The van der Waals surface area contributed by atoms with Crippen molar-refractivity contribution in [3.05, 3.63) is 41.6 Å². The molecule has 0 saturated heterocycles. The minimum Gasteiger partial charge on any atom is -0.383 e. The van der Waals surface area contributed by atoms with Gasteiger partial charge in [0.25, 0.3) is 0 Å². The van der Waals surface area contributed by atoms with E-state index in [1.54, 1.807) is 7.11 Å². The SMILES string of the molecule is COCCNCc1ccc(-n2cnc(C)c2C)nc1. The monoisotopic (exact) mass is 260 g/mol. The van der Waals surface area contributed by atoms with Crippen LogP contribution < -0.4 is 5.32 Å². The van der Waals surface area contributed by atoms with E-state index in [0.29, 0.717) is 0 Å². The van der Waals surface area contributed by atoms with Crippen LogP contribution in [-0.2, 0) is 11.3 Å². The third-order valence-corrected chi connectivity index (χ3v) is 3.12.